The fourth-order valence-electron chi connectivity index (χ4n) is 1.69. The van der Waals surface area contributed by atoms with Crippen LogP contribution in [0.2, 0.25) is 5.28 Å². The molecule has 4 nitrogen and oxygen atoms in total. The Bertz CT molecular complexity index is 565. The van der Waals surface area contributed by atoms with E-state index in [2.05, 4.69) is 31.2 Å². The highest BCUT2D eigenvalue weighted by atomic mass is 79.9. The zero-order chi connectivity index (χ0) is 13.7. The highest BCUT2D eigenvalue weighted by Crippen LogP contribution is 2.21. The molecule has 1 heterocycles. The Balaban J connectivity index is 1.98. The third-order valence-corrected chi connectivity index (χ3v) is 3.36. The number of nitrogens with one attached hydrogen (secondary N) is 1. The Morgan fingerprint density at radius 1 is 1.37 bits per heavy atom. The van der Waals surface area contributed by atoms with Gasteiger partial charge in [0.15, 0.2) is 0 Å². The Hall–Kier alpha value is -1.33. The van der Waals surface area contributed by atoms with Crippen LogP contribution in [0.25, 0.3) is 0 Å². The molecule has 0 unspecified atom stereocenters. The van der Waals surface area contributed by atoms with Gasteiger partial charge in [-0.25, -0.2) is 4.98 Å². The predicted octanol–water partition coefficient (Wildman–Crippen LogP) is 3.56. The summed E-state index contributed by atoms with van der Waals surface area (Å²) in [7, 11) is 1.67. The lowest BCUT2D eigenvalue weighted by Crippen LogP contribution is -2.08. The lowest BCUT2D eigenvalue weighted by atomic mass is 10.1. The molecule has 0 spiro atoms. The normalized spacial score (nSPS) is 10.3. The van der Waals surface area contributed by atoms with Crippen molar-refractivity contribution >= 4 is 33.3 Å². The fraction of sp³-hybridized carbons (Fsp3) is 0.231. The van der Waals surface area contributed by atoms with Crippen molar-refractivity contribution in [3.05, 3.63) is 45.8 Å². The quantitative estimate of drug-likeness (QED) is 0.844. The van der Waals surface area contributed by atoms with Crippen molar-refractivity contribution in [1.29, 1.82) is 0 Å². The van der Waals surface area contributed by atoms with Gasteiger partial charge in [0, 0.05) is 12.7 Å². The molecule has 6 heteroatoms. The lowest BCUT2D eigenvalue weighted by molar-refractivity contribution is 0.410. The SMILES string of the molecule is COc1ccccc1CCNc1nc(Cl)ncc1Br. The summed E-state index contributed by atoms with van der Waals surface area (Å²) in [5.74, 6) is 1.58. The van der Waals surface area contributed by atoms with Gasteiger partial charge in [0.2, 0.25) is 5.28 Å². The van der Waals surface area contributed by atoms with Crippen LogP contribution in [0.4, 0.5) is 5.82 Å². The van der Waals surface area contributed by atoms with Gasteiger partial charge in [0.25, 0.3) is 0 Å². The molecule has 0 saturated carbocycles. The molecule has 1 aromatic carbocycles. The second kappa shape index (κ2) is 6.73. The molecule has 0 aliphatic rings. The number of nitrogens with zero attached hydrogens (tertiary/aromatic N) is 2. The van der Waals surface area contributed by atoms with Gasteiger partial charge >= 0.3 is 0 Å². The third-order valence-electron chi connectivity index (χ3n) is 2.59. The molecular formula is C13H13BrClN3O. The zero-order valence-electron chi connectivity index (χ0n) is 10.4. The van der Waals surface area contributed by atoms with Gasteiger partial charge < -0.3 is 10.1 Å². The summed E-state index contributed by atoms with van der Waals surface area (Å²) in [6, 6.07) is 7.95. The molecule has 19 heavy (non-hydrogen) atoms. The zero-order valence-corrected chi connectivity index (χ0v) is 12.7. The first-order chi connectivity index (χ1) is 9.20. The molecule has 0 saturated heterocycles. The van der Waals surface area contributed by atoms with Crippen molar-refractivity contribution in [3.8, 4) is 5.75 Å². The summed E-state index contributed by atoms with van der Waals surface area (Å²) < 4.78 is 6.10. The standard InChI is InChI=1S/C13H13BrClN3O/c1-19-11-5-3-2-4-9(11)6-7-16-12-10(14)8-17-13(15)18-12/h2-5,8H,6-7H2,1H3,(H,16,17,18). The molecule has 0 radical (unpaired) electrons. The minimum atomic E-state index is 0.225. The van der Waals surface area contributed by atoms with E-state index in [-0.39, 0.29) is 5.28 Å². The van der Waals surface area contributed by atoms with Gasteiger partial charge in [-0.2, -0.15) is 4.98 Å². The van der Waals surface area contributed by atoms with E-state index >= 15 is 0 Å². The average molecular weight is 343 g/mol. The number of benzene rings is 1. The van der Waals surface area contributed by atoms with Crippen LogP contribution >= 0.6 is 27.5 Å². The maximum absolute atomic E-state index is 5.76. The molecule has 100 valence electrons. The van der Waals surface area contributed by atoms with Crippen LogP contribution in [0.1, 0.15) is 5.56 Å². The van der Waals surface area contributed by atoms with Crippen LogP contribution in [0.15, 0.2) is 34.9 Å². The summed E-state index contributed by atoms with van der Waals surface area (Å²) >= 11 is 9.13. The molecule has 0 atom stereocenters. The molecule has 0 aliphatic heterocycles. The van der Waals surface area contributed by atoms with Gasteiger partial charge in [-0.05, 0) is 45.6 Å². The first-order valence-corrected chi connectivity index (χ1v) is 6.91. The van der Waals surface area contributed by atoms with Crippen LogP contribution in [0.5, 0.6) is 5.75 Å². The van der Waals surface area contributed by atoms with Gasteiger partial charge in [0.1, 0.15) is 11.6 Å². The number of para-hydroxylation sites is 1. The largest absolute Gasteiger partial charge is 0.496 e. The predicted molar refractivity (Wildman–Crippen MR) is 79.9 cm³/mol. The van der Waals surface area contributed by atoms with Crippen molar-refractivity contribution in [3.63, 3.8) is 0 Å². The van der Waals surface area contributed by atoms with Gasteiger partial charge in [-0.1, -0.05) is 18.2 Å². The van der Waals surface area contributed by atoms with Gasteiger partial charge in [-0.3, -0.25) is 0 Å². The fourth-order valence-corrected chi connectivity index (χ4v) is 2.16. The van der Waals surface area contributed by atoms with Crippen LogP contribution in [-0.2, 0) is 6.42 Å². The Labute approximate surface area is 125 Å². The Morgan fingerprint density at radius 3 is 2.95 bits per heavy atom. The molecule has 0 bridgehead atoms. The van der Waals surface area contributed by atoms with E-state index in [1.165, 1.54) is 0 Å². The van der Waals surface area contributed by atoms with E-state index in [0.717, 1.165) is 28.8 Å². The maximum atomic E-state index is 5.76. The molecule has 2 rings (SSSR count). The van der Waals surface area contributed by atoms with E-state index in [9.17, 15) is 0 Å². The molecule has 2 aromatic rings. The average Bonchev–Trinajstić information content (AvgIpc) is 2.43. The first-order valence-electron chi connectivity index (χ1n) is 5.74. The van der Waals surface area contributed by atoms with Crippen LogP contribution < -0.4 is 10.1 Å². The monoisotopic (exact) mass is 341 g/mol. The number of anilines is 1. The van der Waals surface area contributed by atoms with E-state index in [0.29, 0.717) is 5.82 Å². The van der Waals surface area contributed by atoms with E-state index in [1.54, 1.807) is 13.3 Å². The first kappa shape index (κ1) is 14.1. The molecule has 0 fully saturated rings. The highest BCUT2D eigenvalue weighted by molar-refractivity contribution is 9.10. The third kappa shape index (κ3) is 3.81. The molecule has 0 aliphatic carbocycles. The number of aromatic nitrogens is 2. The van der Waals surface area contributed by atoms with Crippen molar-refractivity contribution in [2.75, 3.05) is 19.0 Å². The van der Waals surface area contributed by atoms with Crippen LogP contribution in [0.3, 0.4) is 0 Å². The van der Waals surface area contributed by atoms with E-state index in [4.69, 9.17) is 16.3 Å². The molecule has 1 aromatic heterocycles. The van der Waals surface area contributed by atoms with E-state index in [1.807, 2.05) is 24.3 Å². The van der Waals surface area contributed by atoms with Crippen LogP contribution in [0, 0.1) is 0 Å². The topological polar surface area (TPSA) is 47.0 Å². The van der Waals surface area contributed by atoms with E-state index < -0.39 is 0 Å². The Morgan fingerprint density at radius 2 is 2.16 bits per heavy atom. The second-order valence-electron chi connectivity index (χ2n) is 3.82. The molecule has 0 amide bonds. The smallest absolute Gasteiger partial charge is 0.224 e. The van der Waals surface area contributed by atoms with Crippen molar-refractivity contribution in [2.45, 2.75) is 6.42 Å². The highest BCUT2D eigenvalue weighted by Gasteiger charge is 2.05. The van der Waals surface area contributed by atoms with Gasteiger partial charge in [-0.15, -0.1) is 0 Å². The van der Waals surface area contributed by atoms with Crippen molar-refractivity contribution in [2.24, 2.45) is 0 Å². The van der Waals surface area contributed by atoms with Crippen molar-refractivity contribution in [1.82, 2.24) is 9.97 Å². The maximum Gasteiger partial charge on any atom is 0.224 e. The number of hydrogen-bond acceptors (Lipinski definition) is 4. The van der Waals surface area contributed by atoms with Crippen molar-refractivity contribution < 1.29 is 4.74 Å². The summed E-state index contributed by atoms with van der Waals surface area (Å²) in [5.41, 5.74) is 1.15. The number of hydrogen-bond donors (Lipinski definition) is 1. The number of halogens is 2. The molecular weight excluding hydrogens is 330 g/mol. The van der Waals surface area contributed by atoms with Crippen LogP contribution in [-0.4, -0.2) is 23.6 Å². The number of methoxy groups -OCH3 is 1. The second-order valence-corrected chi connectivity index (χ2v) is 5.02. The molecule has 1 N–H and O–H groups in total. The minimum absolute atomic E-state index is 0.225. The minimum Gasteiger partial charge on any atom is -0.496 e. The number of ether oxygens (including phenoxy) is 1. The summed E-state index contributed by atoms with van der Waals surface area (Å²) in [6.45, 7) is 0.728. The summed E-state index contributed by atoms with van der Waals surface area (Å²) in [4.78, 5) is 7.99. The summed E-state index contributed by atoms with van der Waals surface area (Å²) in [6.07, 6.45) is 2.46. The Kier molecular flexibility index (Phi) is 4.99. The number of rotatable bonds is 5. The summed E-state index contributed by atoms with van der Waals surface area (Å²) in [5, 5.41) is 3.44. The lowest BCUT2D eigenvalue weighted by Gasteiger charge is -2.10. The van der Waals surface area contributed by atoms with Gasteiger partial charge in [0.05, 0.1) is 11.6 Å².